The van der Waals surface area contributed by atoms with Gasteiger partial charge in [-0.15, -0.1) is 0 Å². The molecule has 0 saturated carbocycles. The van der Waals surface area contributed by atoms with E-state index in [4.69, 9.17) is 0 Å². The lowest BCUT2D eigenvalue weighted by molar-refractivity contribution is 0.598. The van der Waals surface area contributed by atoms with Crippen LogP contribution in [0, 0.1) is 0 Å². The summed E-state index contributed by atoms with van der Waals surface area (Å²) in [7, 11) is -3.22. The quantitative estimate of drug-likeness (QED) is 0.909. The van der Waals surface area contributed by atoms with Crippen LogP contribution in [0.25, 0.3) is 0 Å². The van der Waals surface area contributed by atoms with E-state index in [9.17, 15) is 8.42 Å². The smallest absolute Gasteiger partial charge is 0.192 e. The zero-order valence-corrected chi connectivity index (χ0v) is 11.5. The molecule has 1 aromatic heterocycles. The minimum absolute atomic E-state index is 0.0982. The molecule has 19 heavy (non-hydrogen) atoms. The Balaban J connectivity index is 1.90. The molecule has 1 heterocycles. The second-order valence-corrected chi connectivity index (χ2v) is 6.28. The summed E-state index contributed by atoms with van der Waals surface area (Å²) in [6, 6.07) is 13.4. The van der Waals surface area contributed by atoms with Gasteiger partial charge in [-0.25, -0.2) is 13.4 Å². The molecule has 0 unspecified atom stereocenters. The Morgan fingerprint density at radius 3 is 2.42 bits per heavy atom. The summed E-state index contributed by atoms with van der Waals surface area (Å²) in [5, 5.41) is 3.31. The molecule has 2 aromatic rings. The molecular formula is C14H16N2O2S. The second kappa shape index (κ2) is 5.84. The van der Waals surface area contributed by atoms with Crippen molar-refractivity contribution >= 4 is 15.5 Å². The van der Waals surface area contributed by atoms with Gasteiger partial charge in [0.15, 0.2) is 14.9 Å². The van der Waals surface area contributed by atoms with Crippen LogP contribution in [-0.2, 0) is 16.3 Å². The molecule has 100 valence electrons. The van der Waals surface area contributed by atoms with E-state index in [1.54, 1.807) is 12.3 Å². The molecule has 0 saturated heterocycles. The first-order valence-corrected chi connectivity index (χ1v) is 7.89. The molecule has 0 atom stereocenters. The first-order chi connectivity index (χ1) is 9.05. The number of rotatable bonds is 5. The molecule has 4 nitrogen and oxygen atoms in total. The molecule has 0 amide bonds. The van der Waals surface area contributed by atoms with Gasteiger partial charge in [-0.05, 0) is 24.1 Å². The lowest BCUT2D eigenvalue weighted by Crippen LogP contribution is -2.06. The van der Waals surface area contributed by atoms with Gasteiger partial charge in [0.1, 0.15) is 0 Å². The van der Waals surface area contributed by atoms with E-state index in [0.717, 1.165) is 24.9 Å². The van der Waals surface area contributed by atoms with E-state index < -0.39 is 9.84 Å². The third kappa shape index (κ3) is 4.06. The van der Waals surface area contributed by atoms with Crippen molar-refractivity contribution in [2.45, 2.75) is 11.4 Å². The summed E-state index contributed by atoms with van der Waals surface area (Å²) in [5.74, 6) is 0. The molecule has 5 heteroatoms. The van der Waals surface area contributed by atoms with Crippen LogP contribution in [0.3, 0.4) is 0 Å². The Labute approximate surface area is 113 Å². The zero-order valence-electron chi connectivity index (χ0n) is 10.7. The maximum absolute atomic E-state index is 11.3. The Morgan fingerprint density at radius 2 is 1.84 bits per heavy atom. The molecule has 0 aliphatic heterocycles. The van der Waals surface area contributed by atoms with Crippen molar-refractivity contribution in [3.8, 4) is 0 Å². The molecule has 0 radical (unpaired) electrons. The Kier molecular flexibility index (Phi) is 4.16. The van der Waals surface area contributed by atoms with Crippen molar-refractivity contribution in [3.05, 3.63) is 54.2 Å². The minimum atomic E-state index is -3.22. The van der Waals surface area contributed by atoms with Crippen LogP contribution in [0.4, 0.5) is 5.69 Å². The number of hydrogen-bond acceptors (Lipinski definition) is 4. The van der Waals surface area contributed by atoms with Crippen molar-refractivity contribution in [3.63, 3.8) is 0 Å². The molecule has 2 rings (SSSR count). The summed E-state index contributed by atoms with van der Waals surface area (Å²) in [5.41, 5.74) is 2.08. The molecule has 1 aromatic carbocycles. The van der Waals surface area contributed by atoms with Crippen LogP contribution >= 0.6 is 0 Å². The van der Waals surface area contributed by atoms with E-state index in [-0.39, 0.29) is 5.03 Å². The number of nitrogens with zero attached hydrogens (tertiary/aromatic N) is 1. The molecule has 0 spiro atoms. The van der Waals surface area contributed by atoms with E-state index >= 15 is 0 Å². The number of pyridine rings is 1. The van der Waals surface area contributed by atoms with Gasteiger partial charge < -0.3 is 5.32 Å². The van der Waals surface area contributed by atoms with E-state index in [1.165, 1.54) is 11.6 Å². The predicted octanol–water partition coefficient (Wildman–Crippen LogP) is 2.14. The van der Waals surface area contributed by atoms with E-state index in [1.807, 2.05) is 18.2 Å². The summed E-state index contributed by atoms with van der Waals surface area (Å²) in [6.45, 7) is 0.782. The Bertz CT molecular complexity index is 622. The maximum Gasteiger partial charge on any atom is 0.192 e. The van der Waals surface area contributed by atoms with E-state index in [2.05, 4.69) is 22.4 Å². The van der Waals surface area contributed by atoms with Crippen LogP contribution in [0.2, 0.25) is 0 Å². The molecular weight excluding hydrogens is 260 g/mol. The number of anilines is 1. The van der Waals surface area contributed by atoms with Crippen molar-refractivity contribution in [2.75, 3.05) is 18.1 Å². The zero-order chi connectivity index (χ0) is 13.7. The summed E-state index contributed by atoms with van der Waals surface area (Å²) in [4.78, 5) is 3.93. The van der Waals surface area contributed by atoms with Gasteiger partial charge in [-0.3, -0.25) is 0 Å². The second-order valence-electron chi connectivity index (χ2n) is 4.32. The number of nitrogens with one attached hydrogen (secondary N) is 1. The average Bonchev–Trinajstić information content (AvgIpc) is 2.39. The number of sulfone groups is 1. The Morgan fingerprint density at radius 1 is 1.11 bits per heavy atom. The predicted molar refractivity (Wildman–Crippen MR) is 76.0 cm³/mol. The number of benzene rings is 1. The van der Waals surface area contributed by atoms with Crippen LogP contribution in [0.1, 0.15) is 5.56 Å². The third-order valence-electron chi connectivity index (χ3n) is 2.70. The van der Waals surface area contributed by atoms with Crippen molar-refractivity contribution in [1.29, 1.82) is 0 Å². The van der Waals surface area contributed by atoms with Gasteiger partial charge in [-0.1, -0.05) is 30.3 Å². The van der Waals surface area contributed by atoms with Crippen LogP contribution in [0.5, 0.6) is 0 Å². The monoisotopic (exact) mass is 276 g/mol. The van der Waals surface area contributed by atoms with Gasteiger partial charge in [0, 0.05) is 12.8 Å². The number of hydrogen-bond donors (Lipinski definition) is 1. The average molecular weight is 276 g/mol. The highest BCUT2D eigenvalue weighted by Crippen LogP contribution is 2.10. The molecule has 0 aliphatic carbocycles. The highest BCUT2D eigenvalue weighted by molar-refractivity contribution is 7.90. The van der Waals surface area contributed by atoms with Crippen LogP contribution < -0.4 is 5.32 Å². The SMILES string of the molecule is CS(=O)(=O)c1ccc(NCCc2ccccc2)cn1. The fourth-order valence-electron chi connectivity index (χ4n) is 1.70. The fraction of sp³-hybridized carbons (Fsp3) is 0.214. The van der Waals surface area contributed by atoms with Crippen molar-refractivity contribution in [2.24, 2.45) is 0 Å². The molecule has 0 fully saturated rings. The van der Waals surface area contributed by atoms with Crippen molar-refractivity contribution < 1.29 is 8.42 Å². The molecule has 0 bridgehead atoms. The largest absolute Gasteiger partial charge is 0.383 e. The van der Waals surface area contributed by atoms with Gasteiger partial charge in [0.05, 0.1) is 11.9 Å². The lowest BCUT2D eigenvalue weighted by Gasteiger charge is -2.06. The molecule has 0 aliphatic rings. The third-order valence-corrected chi connectivity index (χ3v) is 3.70. The van der Waals surface area contributed by atoms with Gasteiger partial charge in [0.25, 0.3) is 0 Å². The van der Waals surface area contributed by atoms with Crippen LogP contribution in [0.15, 0.2) is 53.7 Å². The summed E-state index contributed by atoms with van der Waals surface area (Å²) in [6.07, 6.45) is 3.61. The first kappa shape index (κ1) is 13.5. The highest BCUT2D eigenvalue weighted by atomic mass is 32.2. The lowest BCUT2D eigenvalue weighted by atomic mass is 10.1. The van der Waals surface area contributed by atoms with Gasteiger partial charge in [-0.2, -0.15) is 0 Å². The maximum atomic E-state index is 11.3. The topological polar surface area (TPSA) is 59.1 Å². The summed E-state index contributed by atoms with van der Waals surface area (Å²) >= 11 is 0. The summed E-state index contributed by atoms with van der Waals surface area (Å²) < 4.78 is 22.5. The molecule has 1 N–H and O–H groups in total. The standard InChI is InChI=1S/C14H16N2O2S/c1-19(17,18)14-8-7-13(11-16-14)15-10-9-12-5-3-2-4-6-12/h2-8,11,15H,9-10H2,1H3. The fourth-order valence-corrected chi connectivity index (χ4v) is 2.26. The van der Waals surface area contributed by atoms with Gasteiger partial charge in [0.2, 0.25) is 0 Å². The minimum Gasteiger partial charge on any atom is -0.383 e. The van der Waals surface area contributed by atoms with E-state index in [0.29, 0.717) is 0 Å². The van der Waals surface area contributed by atoms with Crippen LogP contribution in [-0.4, -0.2) is 26.2 Å². The van der Waals surface area contributed by atoms with Crippen molar-refractivity contribution in [1.82, 2.24) is 4.98 Å². The highest BCUT2D eigenvalue weighted by Gasteiger charge is 2.07. The number of aromatic nitrogens is 1. The van der Waals surface area contributed by atoms with Gasteiger partial charge >= 0.3 is 0 Å². The Hall–Kier alpha value is -1.88. The first-order valence-electron chi connectivity index (χ1n) is 5.99. The normalized spacial score (nSPS) is 11.2.